The number of para-hydroxylation sites is 2. The summed E-state index contributed by atoms with van der Waals surface area (Å²) in [6.07, 6.45) is 0.365. The van der Waals surface area contributed by atoms with Gasteiger partial charge in [-0.3, -0.25) is 14.9 Å². The number of aliphatic carboxylic acids is 1. The molecule has 118 valence electrons. The number of nitro groups is 1. The second kappa shape index (κ2) is 6.65. The highest BCUT2D eigenvalue weighted by Gasteiger charge is 2.43. The zero-order chi connectivity index (χ0) is 16.2. The molecule has 1 heterocycles. The number of benzene rings is 1. The lowest BCUT2D eigenvalue weighted by molar-refractivity contribution is -0.383. The van der Waals surface area contributed by atoms with E-state index in [1.807, 2.05) is 0 Å². The molecule has 9 heteroatoms. The van der Waals surface area contributed by atoms with Gasteiger partial charge < -0.3 is 15.7 Å². The fraction of sp³-hybridized carbons (Fsp3) is 0.385. The fourth-order valence-electron chi connectivity index (χ4n) is 2.15. The monoisotopic (exact) mass is 325 g/mol. The maximum Gasteiger partial charge on any atom is 0.330 e. The van der Waals surface area contributed by atoms with E-state index in [4.69, 9.17) is 0 Å². The lowest BCUT2D eigenvalue weighted by Gasteiger charge is -2.24. The Morgan fingerprint density at radius 3 is 2.73 bits per heavy atom. The lowest BCUT2D eigenvalue weighted by Crippen LogP contribution is -2.56. The van der Waals surface area contributed by atoms with Gasteiger partial charge >= 0.3 is 5.97 Å². The Morgan fingerprint density at radius 2 is 2.14 bits per heavy atom. The van der Waals surface area contributed by atoms with Crippen LogP contribution in [0.4, 0.5) is 11.4 Å². The molecule has 1 saturated heterocycles. The van der Waals surface area contributed by atoms with Crippen LogP contribution in [0.1, 0.15) is 6.42 Å². The minimum Gasteiger partial charge on any atom is -0.479 e. The van der Waals surface area contributed by atoms with E-state index in [2.05, 4.69) is 10.6 Å². The predicted octanol–water partition coefficient (Wildman–Crippen LogP) is 1.08. The molecule has 1 atom stereocenters. The molecule has 1 aliphatic heterocycles. The summed E-state index contributed by atoms with van der Waals surface area (Å²) in [5, 5.41) is 25.3. The van der Waals surface area contributed by atoms with Crippen LogP contribution in [-0.2, 0) is 9.59 Å². The van der Waals surface area contributed by atoms with E-state index in [1.165, 1.54) is 30.0 Å². The molecule has 0 bridgehead atoms. The van der Waals surface area contributed by atoms with Crippen LogP contribution in [0.3, 0.4) is 0 Å². The van der Waals surface area contributed by atoms with E-state index in [-0.39, 0.29) is 17.9 Å². The van der Waals surface area contributed by atoms with E-state index in [1.54, 1.807) is 6.07 Å². The molecule has 0 spiro atoms. The minimum absolute atomic E-state index is 0.139. The van der Waals surface area contributed by atoms with Crippen LogP contribution in [-0.4, -0.2) is 45.5 Å². The first-order valence-electron chi connectivity index (χ1n) is 6.54. The largest absolute Gasteiger partial charge is 0.479 e. The maximum absolute atomic E-state index is 11.9. The second-order valence-electron chi connectivity index (χ2n) is 4.87. The zero-order valence-electron chi connectivity index (χ0n) is 11.6. The number of nitrogens with one attached hydrogen (secondary N) is 2. The van der Waals surface area contributed by atoms with Crippen LogP contribution in [0.15, 0.2) is 24.3 Å². The molecule has 0 aromatic heterocycles. The normalized spacial score (nSPS) is 20.4. The number of carboxylic acid groups (broad SMARTS) is 1. The van der Waals surface area contributed by atoms with Crippen molar-refractivity contribution < 1.29 is 19.6 Å². The highest BCUT2D eigenvalue weighted by molar-refractivity contribution is 7.99. The Kier molecular flexibility index (Phi) is 4.86. The number of nitro benzene ring substituents is 1. The van der Waals surface area contributed by atoms with Gasteiger partial charge in [0.2, 0.25) is 5.91 Å². The second-order valence-corrected chi connectivity index (χ2v) is 5.97. The average Bonchev–Trinajstić information content (AvgIpc) is 2.95. The first-order chi connectivity index (χ1) is 10.4. The van der Waals surface area contributed by atoms with Crippen LogP contribution in [0.2, 0.25) is 0 Å². The third-order valence-electron chi connectivity index (χ3n) is 3.35. The van der Waals surface area contributed by atoms with E-state index >= 15 is 0 Å². The molecule has 1 aromatic carbocycles. The van der Waals surface area contributed by atoms with Crippen LogP contribution in [0.5, 0.6) is 0 Å². The highest BCUT2D eigenvalue weighted by Crippen LogP contribution is 2.28. The molecule has 0 aliphatic carbocycles. The van der Waals surface area contributed by atoms with Gasteiger partial charge in [0.15, 0.2) is 0 Å². The number of hydrogen-bond donors (Lipinski definition) is 3. The predicted molar refractivity (Wildman–Crippen MR) is 82.0 cm³/mol. The smallest absolute Gasteiger partial charge is 0.330 e. The van der Waals surface area contributed by atoms with Gasteiger partial charge in [-0.05, 0) is 18.2 Å². The Hall–Kier alpha value is -2.29. The summed E-state index contributed by atoms with van der Waals surface area (Å²) in [4.78, 5) is 33.6. The van der Waals surface area contributed by atoms with Crippen molar-refractivity contribution in [3.63, 3.8) is 0 Å². The Morgan fingerprint density at radius 1 is 1.41 bits per heavy atom. The first kappa shape index (κ1) is 16.1. The van der Waals surface area contributed by atoms with Crippen molar-refractivity contribution in [3.05, 3.63) is 34.4 Å². The van der Waals surface area contributed by atoms with Crippen LogP contribution < -0.4 is 10.6 Å². The Labute approximate surface area is 130 Å². The molecule has 8 nitrogen and oxygen atoms in total. The van der Waals surface area contributed by atoms with Crippen LogP contribution >= 0.6 is 11.8 Å². The summed E-state index contributed by atoms with van der Waals surface area (Å²) in [6.45, 7) is -0.232. The van der Waals surface area contributed by atoms with Gasteiger partial charge in [-0.2, -0.15) is 11.8 Å². The van der Waals surface area contributed by atoms with Gasteiger partial charge in [0.05, 0.1) is 11.5 Å². The van der Waals surface area contributed by atoms with E-state index in [0.29, 0.717) is 17.9 Å². The van der Waals surface area contributed by atoms with E-state index in [0.717, 1.165) is 0 Å². The molecule has 1 aromatic rings. The number of rotatable bonds is 6. The van der Waals surface area contributed by atoms with Crippen molar-refractivity contribution in [1.29, 1.82) is 0 Å². The summed E-state index contributed by atoms with van der Waals surface area (Å²) in [5.41, 5.74) is -1.17. The van der Waals surface area contributed by atoms with Crippen molar-refractivity contribution in [2.75, 3.05) is 23.4 Å². The van der Waals surface area contributed by atoms with Crippen LogP contribution in [0.25, 0.3) is 0 Å². The summed E-state index contributed by atoms with van der Waals surface area (Å²) in [7, 11) is 0. The Bertz CT molecular complexity index is 601. The Balaban J connectivity index is 1.99. The van der Waals surface area contributed by atoms with E-state index in [9.17, 15) is 24.8 Å². The van der Waals surface area contributed by atoms with Crippen LogP contribution in [0, 0.1) is 10.1 Å². The van der Waals surface area contributed by atoms with Crippen molar-refractivity contribution >= 4 is 35.0 Å². The third-order valence-corrected chi connectivity index (χ3v) is 4.54. The number of carbonyl (C=O) groups is 2. The molecule has 1 unspecified atom stereocenters. The van der Waals surface area contributed by atoms with Gasteiger partial charge in [-0.1, -0.05) is 12.1 Å². The molecule has 3 N–H and O–H groups in total. The van der Waals surface area contributed by atoms with Crippen molar-refractivity contribution in [1.82, 2.24) is 5.32 Å². The van der Waals surface area contributed by atoms with Crippen molar-refractivity contribution in [3.8, 4) is 0 Å². The topological polar surface area (TPSA) is 122 Å². The molecule has 1 amide bonds. The summed E-state index contributed by atoms with van der Waals surface area (Å²) >= 11 is 1.47. The molecule has 2 rings (SSSR count). The zero-order valence-corrected chi connectivity index (χ0v) is 12.4. The fourth-order valence-corrected chi connectivity index (χ4v) is 3.48. The quantitative estimate of drug-likeness (QED) is 0.528. The summed E-state index contributed by atoms with van der Waals surface area (Å²) in [5.74, 6) is -0.580. The number of amides is 1. The van der Waals surface area contributed by atoms with Gasteiger partial charge in [-0.25, -0.2) is 4.79 Å². The molecule has 0 saturated carbocycles. The SMILES string of the molecule is O=C(CNc1ccccc1[N+](=O)[O-])NC1(C(=O)O)CCSC1. The molecular weight excluding hydrogens is 310 g/mol. The molecular formula is C13H15N3O5S. The number of thioether (sulfide) groups is 1. The molecule has 1 aliphatic rings. The molecule has 1 fully saturated rings. The van der Waals surface area contributed by atoms with Gasteiger partial charge in [0, 0.05) is 11.8 Å². The molecule has 22 heavy (non-hydrogen) atoms. The van der Waals surface area contributed by atoms with Gasteiger partial charge in [0.25, 0.3) is 5.69 Å². The standard InChI is InChI=1S/C13H15N3O5S/c17-11(15-13(12(18)19)5-6-22-8-13)7-14-9-3-1-2-4-10(9)16(20)21/h1-4,14H,5-8H2,(H,15,17)(H,18,19). The maximum atomic E-state index is 11.9. The highest BCUT2D eigenvalue weighted by atomic mass is 32.2. The molecule has 0 radical (unpaired) electrons. The van der Waals surface area contributed by atoms with Crippen molar-refractivity contribution in [2.45, 2.75) is 12.0 Å². The van der Waals surface area contributed by atoms with Crippen molar-refractivity contribution in [2.24, 2.45) is 0 Å². The van der Waals surface area contributed by atoms with Gasteiger partial charge in [0.1, 0.15) is 11.2 Å². The third kappa shape index (κ3) is 3.48. The number of nitrogens with zero attached hydrogens (tertiary/aromatic N) is 1. The lowest BCUT2D eigenvalue weighted by atomic mass is 9.99. The average molecular weight is 325 g/mol. The van der Waals surface area contributed by atoms with E-state index < -0.39 is 22.3 Å². The number of anilines is 1. The first-order valence-corrected chi connectivity index (χ1v) is 7.69. The number of carbonyl (C=O) groups excluding carboxylic acids is 1. The summed E-state index contributed by atoms with van der Waals surface area (Å²) < 4.78 is 0. The summed E-state index contributed by atoms with van der Waals surface area (Å²) in [6, 6.07) is 5.95. The number of carboxylic acids is 1. The minimum atomic E-state index is -1.24. The number of hydrogen-bond acceptors (Lipinski definition) is 6. The van der Waals surface area contributed by atoms with Gasteiger partial charge in [-0.15, -0.1) is 0 Å².